The Morgan fingerprint density at radius 3 is 1.11 bits per heavy atom. The number of unbranched alkanes of at least 4 members (excludes halogenated alkanes) is 23. The molecule has 0 aliphatic rings. The fraction of sp³-hybridized carbons (Fsp3) is 0.650. The molecule has 0 amide bonds. The number of ether oxygens (including phenoxy) is 3. The van der Waals surface area contributed by atoms with Crippen LogP contribution in [0.1, 0.15) is 233 Å². The van der Waals surface area contributed by atoms with Crippen molar-refractivity contribution in [2.24, 2.45) is 0 Å². The fourth-order valence-corrected chi connectivity index (χ4v) is 7.09. The van der Waals surface area contributed by atoms with Gasteiger partial charge in [0.25, 0.3) is 0 Å². The van der Waals surface area contributed by atoms with E-state index in [-0.39, 0.29) is 31.1 Å². The lowest BCUT2D eigenvalue weighted by Crippen LogP contribution is -2.30. The highest BCUT2D eigenvalue weighted by Crippen LogP contribution is 2.14. The van der Waals surface area contributed by atoms with Crippen molar-refractivity contribution in [1.82, 2.24) is 0 Å². The van der Waals surface area contributed by atoms with Crippen LogP contribution in [0.3, 0.4) is 0 Å². The lowest BCUT2D eigenvalue weighted by atomic mass is 10.1. The minimum absolute atomic E-state index is 0.105. The van der Waals surface area contributed by atoms with Crippen molar-refractivity contribution in [2.45, 2.75) is 239 Å². The van der Waals surface area contributed by atoms with E-state index in [1.54, 1.807) is 0 Å². The maximum Gasteiger partial charge on any atom is 0.306 e. The molecule has 0 fully saturated rings. The van der Waals surface area contributed by atoms with Gasteiger partial charge in [0, 0.05) is 19.3 Å². The SMILES string of the molecule is CC\C=C/C=C\C=C/C=C\C=C\C=C/CCCCCC(=O)OCC(COC(=O)CCCCC/C=C\CCCCCCCCC)OC(=O)CCCCCCCCC/C=C\C/C=C\CCCCC. The molecule has 0 aliphatic heterocycles. The van der Waals surface area contributed by atoms with E-state index in [1.165, 1.54) is 96.3 Å². The second-order valence-electron chi connectivity index (χ2n) is 17.5. The molecule has 1 atom stereocenters. The highest BCUT2D eigenvalue weighted by atomic mass is 16.6. The molecular weight excluding hydrogens is 817 g/mol. The van der Waals surface area contributed by atoms with Crippen LogP contribution in [0.25, 0.3) is 0 Å². The van der Waals surface area contributed by atoms with E-state index in [2.05, 4.69) is 69.4 Å². The van der Waals surface area contributed by atoms with E-state index < -0.39 is 6.10 Å². The molecule has 1 unspecified atom stereocenters. The van der Waals surface area contributed by atoms with E-state index >= 15 is 0 Å². The number of carbonyl (C=O) groups excluding carboxylic acids is 3. The van der Waals surface area contributed by atoms with Gasteiger partial charge in [-0.25, -0.2) is 0 Å². The Kier molecular flexibility index (Phi) is 50.5. The Morgan fingerprint density at radius 1 is 0.333 bits per heavy atom. The van der Waals surface area contributed by atoms with Crippen LogP contribution in [0.5, 0.6) is 0 Å². The molecule has 374 valence electrons. The van der Waals surface area contributed by atoms with Crippen molar-refractivity contribution in [3.8, 4) is 0 Å². The summed E-state index contributed by atoms with van der Waals surface area (Å²) < 4.78 is 16.8. The number of esters is 3. The minimum Gasteiger partial charge on any atom is -0.462 e. The third-order valence-electron chi connectivity index (χ3n) is 11.1. The normalized spacial score (nSPS) is 13.0. The highest BCUT2D eigenvalue weighted by Gasteiger charge is 2.19. The van der Waals surface area contributed by atoms with Gasteiger partial charge in [0.1, 0.15) is 13.2 Å². The first kappa shape index (κ1) is 62.1. The first-order chi connectivity index (χ1) is 32.5. The maximum atomic E-state index is 12.8. The Bertz CT molecular complexity index is 1370. The molecular formula is C60H98O6. The predicted molar refractivity (Wildman–Crippen MR) is 283 cm³/mol. The minimum atomic E-state index is -0.809. The molecule has 0 saturated carbocycles. The average molecular weight is 915 g/mol. The highest BCUT2D eigenvalue weighted by molar-refractivity contribution is 5.71. The van der Waals surface area contributed by atoms with Gasteiger partial charge in [0.05, 0.1) is 0 Å². The third-order valence-corrected chi connectivity index (χ3v) is 11.1. The van der Waals surface area contributed by atoms with Crippen molar-refractivity contribution < 1.29 is 28.6 Å². The largest absolute Gasteiger partial charge is 0.462 e. The molecule has 0 spiro atoms. The molecule has 6 heteroatoms. The number of hydrogen-bond acceptors (Lipinski definition) is 6. The van der Waals surface area contributed by atoms with E-state index in [4.69, 9.17) is 14.2 Å². The Hall–Kier alpha value is -3.93. The first-order valence-electron chi connectivity index (χ1n) is 27.0. The molecule has 0 radical (unpaired) electrons. The molecule has 0 bridgehead atoms. The second kappa shape index (κ2) is 53.7. The first-order valence-corrected chi connectivity index (χ1v) is 27.0. The number of allylic oxidation sites excluding steroid dienone is 18. The molecule has 0 aromatic heterocycles. The molecule has 0 rings (SSSR count). The van der Waals surface area contributed by atoms with Gasteiger partial charge in [-0.05, 0) is 96.3 Å². The van der Waals surface area contributed by atoms with Gasteiger partial charge in [-0.1, -0.05) is 226 Å². The summed E-state index contributed by atoms with van der Waals surface area (Å²) in [6.45, 7) is 6.40. The zero-order chi connectivity index (χ0) is 47.9. The fourth-order valence-electron chi connectivity index (χ4n) is 7.09. The monoisotopic (exact) mass is 915 g/mol. The Morgan fingerprint density at radius 2 is 0.652 bits per heavy atom. The molecule has 0 N–H and O–H groups in total. The van der Waals surface area contributed by atoms with Crippen LogP contribution in [-0.2, 0) is 28.6 Å². The van der Waals surface area contributed by atoms with Crippen molar-refractivity contribution in [1.29, 1.82) is 0 Å². The smallest absolute Gasteiger partial charge is 0.306 e. The molecule has 0 saturated heterocycles. The third kappa shape index (κ3) is 51.1. The number of carbonyl (C=O) groups is 3. The van der Waals surface area contributed by atoms with Crippen LogP contribution in [0.4, 0.5) is 0 Å². The van der Waals surface area contributed by atoms with E-state index in [1.807, 2.05) is 60.8 Å². The van der Waals surface area contributed by atoms with Gasteiger partial charge in [0.15, 0.2) is 6.10 Å². The van der Waals surface area contributed by atoms with Gasteiger partial charge in [-0.15, -0.1) is 0 Å². The summed E-state index contributed by atoms with van der Waals surface area (Å²) in [6, 6.07) is 0. The van der Waals surface area contributed by atoms with Crippen LogP contribution in [-0.4, -0.2) is 37.2 Å². The van der Waals surface area contributed by atoms with E-state index in [0.717, 1.165) is 96.3 Å². The van der Waals surface area contributed by atoms with Crippen molar-refractivity contribution in [3.63, 3.8) is 0 Å². The zero-order valence-electron chi connectivity index (χ0n) is 42.7. The van der Waals surface area contributed by atoms with E-state index in [9.17, 15) is 14.4 Å². The van der Waals surface area contributed by atoms with Gasteiger partial charge < -0.3 is 14.2 Å². The summed E-state index contributed by atoms with van der Waals surface area (Å²) in [4.78, 5) is 38.1. The van der Waals surface area contributed by atoms with Crippen LogP contribution >= 0.6 is 0 Å². The van der Waals surface area contributed by atoms with E-state index in [0.29, 0.717) is 19.3 Å². The molecule has 0 aromatic carbocycles. The number of hydrogen-bond donors (Lipinski definition) is 0. The maximum absolute atomic E-state index is 12.8. The summed E-state index contributed by atoms with van der Waals surface area (Å²) in [6.07, 6.45) is 72.1. The van der Waals surface area contributed by atoms with Gasteiger partial charge in [-0.3, -0.25) is 14.4 Å². The van der Waals surface area contributed by atoms with Gasteiger partial charge in [-0.2, -0.15) is 0 Å². The standard InChI is InChI=1S/C60H98O6/c1-4-7-10-13-16-19-22-25-28-30-32-35-38-41-44-47-50-53-59(62)65-56-57(55-64-58(61)52-49-46-43-40-37-34-27-24-21-18-15-12-9-6-3)66-60(63)54-51-48-45-42-39-36-33-31-29-26-23-20-17-14-11-8-5-2/h7,10,13,16-17,19-20,22,25-26,28-30,32,34-35,37-38,57H,4-6,8-9,11-12,14-15,18,21,23-24,27,31,33,36,39-56H2,1-3H3/b10-7-,16-13-,20-17-,22-19-,28-25-,29-26-,32-30+,37-34-,38-35-. The topological polar surface area (TPSA) is 78.9 Å². The predicted octanol–water partition coefficient (Wildman–Crippen LogP) is 17.9. The summed E-state index contributed by atoms with van der Waals surface area (Å²) in [5.41, 5.74) is 0. The lowest BCUT2D eigenvalue weighted by molar-refractivity contribution is -0.167. The summed E-state index contributed by atoms with van der Waals surface area (Å²) in [5.74, 6) is -0.975. The molecule has 66 heavy (non-hydrogen) atoms. The summed E-state index contributed by atoms with van der Waals surface area (Å²) in [5, 5.41) is 0. The van der Waals surface area contributed by atoms with Crippen LogP contribution in [0.15, 0.2) is 109 Å². The Labute approximate surface area is 406 Å². The molecule has 0 aliphatic carbocycles. The average Bonchev–Trinajstić information content (AvgIpc) is 3.31. The number of rotatable bonds is 47. The summed E-state index contributed by atoms with van der Waals surface area (Å²) in [7, 11) is 0. The van der Waals surface area contributed by atoms with Crippen molar-refractivity contribution in [3.05, 3.63) is 109 Å². The Balaban J connectivity index is 4.53. The lowest BCUT2D eigenvalue weighted by Gasteiger charge is -2.18. The zero-order valence-corrected chi connectivity index (χ0v) is 42.7. The van der Waals surface area contributed by atoms with Crippen molar-refractivity contribution in [2.75, 3.05) is 13.2 Å². The quantitative estimate of drug-likeness (QED) is 0.0199. The molecule has 0 heterocycles. The molecule has 0 aromatic rings. The summed E-state index contributed by atoms with van der Waals surface area (Å²) >= 11 is 0. The molecule has 6 nitrogen and oxygen atoms in total. The van der Waals surface area contributed by atoms with Gasteiger partial charge in [0.2, 0.25) is 0 Å². The van der Waals surface area contributed by atoms with Crippen LogP contribution in [0, 0.1) is 0 Å². The van der Waals surface area contributed by atoms with Crippen molar-refractivity contribution >= 4 is 17.9 Å². The van der Waals surface area contributed by atoms with Crippen LogP contribution < -0.4 is 0 Å². The van der Waals surface area contributed by atoms with Crippen LogP contribution in [0.2, 0.25) is 0 Å². The van der Waals surface area contributed by atoms with Gasteiger partial charge >= 0.3 is 17.9 Å². The second-order valence-corrected chi connectivity index (χ2v) is 17.5.